The molecule has 0 saturated carbocycles. The second kappa shape index (κ2) is 5.04. The standard InChI is InChI=1S/C12H23NO3/c1-9-7-6-8-13(10(9)15-5)11(14)16-12(2,3)4/h9-10H,6-8H2,1-5H3. The molecule has 1 saturated heterocycles. The molecule has 0 spiro atoms. The smallest absolute Gasteiger partial charge is 0.412 e. The van der Waals surface area contributed by atoms with Gasteiger partial charge in [0.2, 0.25) is 0 Å². The van der Waals surface area contributed by atoms with E-state index in [1.54, 1.807) is 12.0 Å². The highest BCUT2D eigenvalue weighted by Crippen LogP contribution is 2.25. The van der Waals surface area contributed by atoms with Crippen LogP contribution in [0.2, 0.25) is 0 Å². The van der Waals surface area contributed by atoms with E-state index < -0.39 is 5.60 Å². The second-order valence-electron chi connectivity index (χ2n) is 5.42. The maximum Gasteiger partial charge on any atom is 0.412 e. The molecule has 2 atom stereocenters. The summed E-state index contributed by atoms with van der Waals surface area (Å²) in [5.41, 5.74) is -0.448. The van der Waals surface area contributed by atoms with Crippen LogP contribution in [0.5, 0.6) is 0 Å². The van der Waals surface area contributed by atoms with E-state index in [9.17, 15) is 4.79 Å². The summed E-state index contributed by atoms with van der Waals surface area (Å²) in [6, 6.07) is 0. The number of carbonyl (C=O) groups is 1. The summed E-state index contributed by atoms with van der Waals surface area (Å²) in [6.45, 7) is 8.45. The van der Waals surface area contributed by atoms with Gasteiger partial charge in [-0.1, -0.05) is 6.92 Å². The molecule has 0 aromatic carbocycles. The summed E-state index contributed by atoms with van der Waals surface area (Å²) in [7, 11) is 1.64. The van der Waals surface area contributed by atoms with Gasteiger partial charge in [-0.25, -0.2) is 4.79 Å². The SMILES string of the molecule is COC1C(C)CCCN1C(=O)OC(C)(C)C. The lowest BCUT2D eigenvalue weighted by atomic mass is 9.98. The van der Waals surface area contributed by atoms with E-state index in [0.29, 0.717) is 5.92 Å². The number of rotatable bonds is 1. The molecule has 1 amide bonds. The predicted octanol–water partition coefficient (Wildman–Crippen LogP) is 2.63. The van der Waals surface area contributed by atoms with Gasteiger partial charge in [0.15, 0.2) is 0 Å². The van der Waals surface area contributed by atoms with Gasteiger partial charge in [0.25, 0.3) is 0 Å². The zero-order valence-electron chi connectivity index (χ0n) is 10.9. The summed E-state index contributed by atoms with van der Waals surface area (Å²) in [5.74, 6) is 0.367. The van der Waals surface area contributed by atoms with Crippen LogP contribution in [0.1, 0.15) is 40.5 Å². The Morgan fingerprint density at radius 3 is 2.50 bits per heavy atom. The molecular formula is C12H23NO3. The van der Waals surface area contributed by atoms with Crippen molar-refractivity contribution in [3.63, 3.8) is 0 Å². The first-order valence-corrected chi connectivity index (χ1v) is 5.87. The van der Waals surface area contributed by atoms with E-state index in [1.165, 1.54) is 0 Å². The van der Waals surface area contributed by atoms with Crippen LogP contribution in [0.4, 0.5) is 4.79 Å². The third-order valence-electron chi connectivity index (χ3n) is 2.72. The summed E-state index contributed by atoms with van der Waals surface area (Å²) in [4.78, 5) is 13.6. The lowest BCUT2D eigenvalue weighted by molar-refractivity contribution is -0.0895. The normalized spacial score (nSPS) is 26.7. The average Bonchev–Trinajstić information content (AvgIpc) is 2.14. The molecule has 1 aliphatic rings. The van der Waals surface area contributed by atoms with Gasteiger partial charge in [0, 0.05) is 19.6 Å². The Morgan fingerprint density at radius 1 is 1.38 bits per heavy atom. The molecule has 1 fully saturated rings. The van der Waals surface area contributed by atoms with E-state index in [0.717, 1.165) is 19.4 Å². The molecule has 0 aromatic heterocycles. The van der Waals surface area contributed by atoms with Crippen molar-refractivity contribution in [1.82, 2.24) is 4.90 Å². The van der Waals surface area contributed by atoms with E-state index in [2.05, 4.69) is 6.92 Å². The van der Waals surface area contributed by atoms with Gasteiger partial charge in [-0.2, -0.15) is 0 Å². The number of methoxy groups -OCH3 is 1. The Hall–Kier alpha value is -0.770. The van der Waals surface area contributed by atoms with Gasteiger partial charge in [0.1, 0.15) is 11.8 Å². The highest BCUT2D eigenvalue weighted by molar-refractivity contribution is 5.68. The molecule has 16 heavy (non-hydrogen) atoms. The van der Waals surface area contributed by atoms with Gasteiger partial charge >= 0.3 is 6.09 Å². The first-order chi connectivity index (χ1) is 7.35. The van der Waals surface area contributed by atoms with Gasteiger partial charge in [-0.05, 0) is 33.6 Å². The van der Waals surface area contributed by atoms with Crippen LogP contribution in [0, 0.1) is 5.92 Å². The molecule has 4 heteroatoms. The van der Waals surface area contributed by atoms with Crippen molar-refractivity contribution in [3.8, 4) is 0 Å². The maximum absolute atomic E-state index is 12.0. The molecule has 0 aliphatic carbocycles. The number of likely N-dealkylation sites (tertiary alicyclic amines) is 1. The minimum atomic E-state index is -0.448. The lowest BCUT2D eigenvalue weighted by Gasteiger charge is -2.39. The molecule has 4 nitrogen and oxygen atoms in total. The fourth-order valence-corrected chi connectivity index (χ4v) is 2.04. The Morgan fingerprint density at radius 2 is 2.00 bits per heavy atom. The van der Waals surface area contributed by atoms with Gasteiger partial charge in [0.05, 0.1) is 0 Å². The molecule has 1 heterocycles. The zero-order valence-corrected chi connectivity index (χ0v) is 10.9. The molecule has 1 aliphatic heterocycles. The largest absolute Gasteiger partial charge is 0.444 e. The van der Waals surface area contributed by atoms with Crippen molar-refractivity contribution >= 4 is 6.09 Å². The molecule has 94 valence electrons. The quantitative estimate of drug-likeness (QED) is 0.693. The molecule has 0 aromatic rings. The van der Waals surface area contributed by atoms with Crippen molar-refractivity contribution in [2.45, 2.75) is 52.4 Å². The van der Waals surface area contributed by atoms with Crippen molar-refractivity contribution in [2.24, 2.45) is 5.92 Å². The van der Waals surface area contributed by atoms with Crippen LogP contribution in [-0.2, 0) is 9.47 Å². The van der Waals surface area contributed by atoms with Gasteiger partial charge < -0.3 is 9.47 Å². The summed E-state index contributed by atoms with van der Waals surface area (Å²) >= 11 is 0. The molecule has 0 bridgehead atoms. The van der Waals surface area contributed by atoms with Crippen molar-refractivity contribution < 1.29 is 14.3 Å². The van der Waals surface area contributed by atoms with Crippen LogP contribution in [0.25, 0.3) is 0 Å². The Balaban J connectivity index is 2.66. The zero-order chi connectivity index (χ0) is 12.3. The topological polar surface area (TPSA) is 38.8 Å². The Labute approximate surface area is 97.9 Å². The summed E-state index contributed by atoms with van der Waals surface area (Å²) in [5, 5.41) is 0. The van der Waals surface area contributed by atoms with Crippen molar-refractivity contribution in [2.75, 3.05) is 13.7 Å². The second-order valence-corrected chi connectivity index (χ2v) is 5.42. The van der Waals surface area contributed by atoms with Crippen LogP contribution < -0.4 is 0 Å². The lowest BCUT2D eigenvalue weighted by Crippen LogP contribution is -2.50. The molecular weight excluding hydrogens is 206 g/mol. The number of carbonyl (C=O) groups excluding carboxylic acids is 1. The number of hydrogen-bond donors (Lipinski definition) is 0. The van der Waals surface area contributed by atoms with Crippen LogP contribution in [0.15, 0.2) is 0 Å². The summed E-state index contributed by atoms with van der Waals surface area (Å²) in [6.07, 6.45) is 1.69. The van der Waals surface area contributed by atoms with Gasteiger partial charge in [-0.15, -0.1) is 0 Å². The van der Waals surface area contributed by atoms with E-state index >= 15 is 0 Å². The first kappa shape index (κ1) is 13.3. The molecule has 0 radical (unpaired) electrons. The number of nitrogens with zero attached hydrogens (tertiary/aromatic N) is 1. The Kier molecular flexibility index (Phi) is 4.19. The molecule has 0 N–H and O–H groups in total. The summed E-state index contributed by atoms with van der Waals surface area (Å²) < 4.78 is 10.7. The van der Waals surface area contributed by atoms with E-state index in [-0.39, 0.29) is 12.3 Å². The number of amides is 1. The monoisotopic (exact) mass is 229 g/mol. The van der Waals surface area contributed by atoms with E-state index in [4.69, 9.17) is 9.47 Å². The van der Waals surface area contributed by atoms with Crippen LogP contribution in [-0.4, -0.2) is 36.5 Å². The highest BCUT2D eigenvalue weighted by atomic mass is 16.6. The number of ether oxygens (including phenoxy) is 2. The van der Waals surface area contributed by atoms with Crippen LogP contribution in [0.3, 0.4) is 0 Å². The fourth-order valence-electron chi connectivity index (χ4n) is 2.04. The minimum absolute atomic E-state index is 0.149. The molecule has 1 rings (SSSR count). The number of hydrogen-bond acceptors (Lipinski definition) is 3. The van der Waals surface area contributed by atoms with E-state index in [1.807, 2.05) is 20.8 Å². The molecule has 2 unspecified atom stereocenters. The Bertz CT molecular complexity index is 247. The number of piperidine rings is 1. The van der Waals surface area contributed by atoms with Crippen LogP contribution >= 0.6 is 0 Å². The first-order valence-electron chi connectivity index (χ1n) is 5.87. The minimum Gasteiger partial charge on any atom is -0.444 e. The highest BCUT2D eigenvalue weighted by Gasteiger charge is 2.34. The maximum atomic E-state index is 12.0. The third kappa shape index (κ3) is 3.37. The van der Waals surface area contributed by atoms with Gasteiger partial charge in [-0.3, -0.25) is 4.90 Å². The predicted molar refractivity (Wildman–Crippen MR) is 62.1 cm³/mol. The third-order valence-corrected chi connectivity index (χ3v) is 2.72. The van der Waals surface area contributed by atoms with Crippen molar-refractivity contribution in [3.05, 3.63) is 0 Å². The average molecular weight is 229 g/mol. The van der Waals surface area contributed by atoms with Crippen molar-refractivity contribution in [1.29, 1.82) is 0 Å². The fraction of sp³-hybridized carbons (Fsp3) is 0.917.